The Morgan fingerprint density at radius 3 is 3.09 bits per heavy atom. The molecule has 1 amide bonds. The fraction of sp³-hybridized carbons (Fsp3) is 0.294. The minimum atomic E-state index is -0.0673. The number of thiazole rings is 1. The van der Waals surface area contributed by atoms with Crippen LogP contribution in [0.1, 0.15) is 28.9 Å². The van der Waals surface area contributed by atoms with Crippen molar-refractivity contribution < 1.29 is 14.3 Å². The van der Waals surface area contributed by atoms with Gasteiger partial charge in [-0.25, -0.2) is 4.98 Å². The molecule has 118 valence electrons. The molecule has 0 atom stereocenters. The lowest BCUT2D eigenvalue weighted by Gasteiger charge is -2.03. The van der Waals surface area contributed by atoms with Gasteiger partial charge in [-0.1, -0.05) is 11.6 Å². The summed E-state index contributed by atoms with van der Waals surface area (Å²) in [5.74, 6) is 1.40. The van der Waals surface area contributed by atoms with Gasteiger partial charge >= 0.3 is 0 Å². The highest BCUT2D eigenvalue weighted by Crippen LogP contribution is 2.36. The van der Waals surface area contributed by atoms with Crippen LogP contribution in [0.25, 0.3) is 10.6 Å². The summed E-state index contributed by atoms with van der Waals surface area (Å²) >= 11 is 1.38. The SMILES string of the molecule is O=C(NCC1=CCCC1)c1cnc(-c2ccc3c(c2)OCO3)s1. The quantitative estimate of drug-likeness (QED) is 0.874. The van der Waals surface area contributed by atoms with Gasteiger partial charge in [0, 0.05) is 12.1 Å². The van der Waals surface area contributed by atoms with Gasteiger partial charge in [0.15, 0.2) is 11.5 Å². The maximum Gasteiger partial charge on any atom is 0.263 e. The first-order chi connectivity index (χ1) is 11.3. The molecule has 0 saturated carbocycles. The van der Waals surface area contributed by atoms with Gasteiger partial charge in [-0.15, -0.1) is 11.3 Å². The van der Waals surface area contributed by atoms with Gasteiger partial charge in [0.25, 0.3) is 5.91 Å². The van der Waals surface area contributed by atoms with Crippen molar-refractivity contribution in [1.82, 2.24) is 10.3 Å². The fourth-order valence-corrected chi connectivity index (χ4v) is 3.55. The lowest BCUT2D eigenvalue weighted by molar-refractivity contribution is 0.0960. The maximum atomic E-state index is 12.2. The van der Waals surface area contributed by atoms with Gasteiger partial charge in [-0.2, -0.15) is 0 Å². The number of amides is 1. The molecule has 1 aliphatic carbocycles. The van der Waals surface area contributed by atoms with E-state index in [-0.39, 0.29) is 12.7 Å². The molecule has 1 aromatic carbocycles. The lowest BCUT2D eigenvalue weighted by Crippen LogP contribution is -2.24. The van der Waals surface area contributed by atoms with Crippen molar-refractivity contribution in [3.8, 4) is 22.1 Å². The first kappa shape index (κ1) is 14.3. The van der Waals surface area contributed by atoms with Crippen molar-refractivity contribution in [3.05, 3.63) is 40.9 Å². The molecule has 1 N–H and O–H groups in total. The number of hydrogen-bond donors (Lipinski definition) is 1. The van der Waals surface area contributed by atoms with E-state index >= 15 is 0 Å². The molecule has 23 heavy (non-hydrogen) atoms. The summed E-state index contributed by atoms with van der Waals surface area (Å²) in [7, 11) is 0. The Balaban J connectivity index is 1.46. The average molecular weight is 328 g/mol. The number of ether oxygens (including phenoxy) is 2. The van der Waals surface area contributed by atoms with Gasteiger partial charge in [-0.3, -0.25) is 4.79 Å². The second-order valence-electron chi connectivity index (χ2n) is 5.53. The third-order valence-corrected chi connectivity index (χ3v) is 5.01. The van der Waals surface area contributed by atoms with Crippen LogP contribution in [-0.4, -0.2) is 24.2 Å². The second-order valence-corrected chi connectivity index (χ2v) is 6.57. The fourth-order valence-electron chi connectivity index (χ4n) is 2.72. The van der Waals surface area contributed by atoms with E-state index in [1.54, 1.807) is 6.20 Å². The number of fused-ring (bicyclic) bond motifs is 1. The topological polar surface area (TPSA) is 60.5 Å². The molecule has 0 bridgehead atoms. The van der Waals surface area contributed by atoms with E-state index in [9.17, 15) is 4.79 Å². The van der Waals surface area contributed by atoms with Crippen LogP contribution in [0, 0.1) is 0 Å². The number of hydrogen-bond acceptors (Lipinski definition) is 5. The number of carbonyl (C=O) groups is 1. The van der Waals surface area contributed by atoms with Crippen LogP contribution in [0.2, 0.25) is 0 Å². The largest absolute Gasteiger partial charge is 0.454 e. The third kappa shape index (κ3) is 2.94. The zero-order chi connectivity index (χ0) is 15.6. The summed E-state index contributed by atoms with van der Waals surface area (Å²) < 4.78 is 10.7. The second kappa shape index (κ2) is 6.04. The Morgan fingerprint density at radius 2 is 2.22 bits per heavy atom. The highest BCUT2D eigenvalue weighted by molar-refractivity contribution is 7.16. The van der Waals surface area contributed by atoms with Crippen molar-refractivity contribution in [2.45, 2.75) is 19.3 Å². The average Bonchev–Trinajstić information content (AvgIpc) is 3.32. The minimum Gasteiger partial charge on any atom is -0.454 e. The first-order valence-corrected chi connectivity index (χ1v) is 8.43. The summed E-state index contributed by atoms with van der Waals surface area (Å²) in [5, 5.41) is 3.77. The van der Waals surface area contributed by atoms with E-state index in [1.165, 1.54) is 23.3 Å². The van der Waals surface area contributed by atoms with Gasteiger partial charge in [0.1, 0.15) is 9.88 Å². The van der Waals surface area contributed by atoms with E-state index < -0.39 is 0 Å². The molecule has 6 heteroatoms. The molecular weight excluding hydrogens is 312 g/mol. The molecule has 0 radical (unpaired) electrons. The Morgan fingerprint density at radius 1 is 1.30 bits per heavy atom. The number of nitrogens with one attached hydrogen (secondary N) is 1. The summed E-state index contributed by atoms with van der Waals surface area (Å²) in [6.07, 6.45) is 7.25. The zero-order valence-electron chi connectivity index (χ0n) is 12.5. The number of aromatic nitrogens is 1. The van der Waals surface area contributed by atoms with Crippen LogP contribution < -0.4 is 14.8 Å². The molecule has 2 aromatic rings. The van der Waals surface area contributed by atoms with E-state index in [2.05, 4.69) is 16.4 Å². The maximum absolute atomic E-state index is 12.2. The Labute approximate surface area is 138 Å². The molecule has 0 unspecified atom stereocenters. The standard InChI is InChI=1S/C17H16N2O3S/c20-16(18-8-11-3-1-2-4-11)15-9-19-17(23-15)12-5-6-13-14(7-12)22-10-21-13/h3,5-7,9H,1-2,4,8,10H2,(H,18,20). The molecule has 0 spiro atoms. The molecular formula is C17H16N2O3S. The van der Waals surface area contributed by atoms with Crippen LogP contribution >= 0.6 is 11.3 Å². The molecule has 1 aliphatic heterocycles. The van der Waals surface area contributed by atoms with Crippen LogP contribution in [-0.2, 0) is 0 Å². The number of rotatable bonds is 4. The smallest absolute Gasteiger partial charge is 0.263 e. The number of nitrogens with zero attached hydrogens (tertiary/aromatic N) is 1. The van der Waals surface area contributed by atoms with Crippen LogP contribution in [0.5, 0.6) is 11.5 Å². The van der Waals surface area contributed by atoms with Crippen molar-refractivity contribution in [1.29, 1.82) is 0 Å². The molecule has 0 fully saturated rings. The zero-order valence-corrected chi connectivity index (χ0v) is 13.3. The van der Waals surface area contributed by atoms with E-state index in [4.69, 9.17) is 9.47 Å². The Hall–Kier alpha value is -2.34. The number of carbonyl (C=O) groups excluding carboxylic acids is 1. The number of benzene rings is 1. The summed E-state index contributed by atoms with van der Waals surface area (Å²) in [4.78, 5) is 17.2. The van der Waals surface area contributed by atoms with Crippen molar-refractivity contribution in [2.75, 3.05) is 13.3 Å². The van der Waals surface area contributed by atoms with Gasteiger partial charge in [0.2, 0.25) is 6.79 Å². The number of allylic oxidation sites excluding steroid dienone is 1. The molecule has 1 aromatic heterocycles. The predicted octanol–water partition coefficient (Wildman–Crippen LogP) is 3.38. The summed E-state index contributed by atoms with van der Waals surface area (Å²) in [5.41, 5.74) is 2.25. The molecule has 5 nitrogen and oxygen atoms in total. The molecule has 4 rings (SSSR count). The van der Waals surface area contributed by atoms with Gasteiger partial charge in [0.05, 0.1) is 6.20 Å². The monoisotopic (exact) mass is 328 g/mol. The Kier molecular flexibility index (Phi) is 3.75. The van der Waals surface area contributed by atoms with E-state index in [0.717, 1.165) is 34.9 Å². The highest BCUT2D eigenvalue weighted by atomic mass is 32.1. The molecule has 2 aliphatic rings. The van der Waals surface area contributed by atoms with Gasteiger partial charge < -0.3 is 14.8 Å². The summed E-state index contributed by atoms with van der Waals surface area (Å²) in [6.45, 7) is 0.885. The predicted molar refractivity (Wildman–Crippen MR) is 87.9 cm³/mol. The molecule has 2 heterocycles. The van der Waals surface area contributed by atoms with Crippen molar-refractivity contribution >= 4 is 17.2 Å². The van der Waals surface area contributed by atoms with Crippen molar-refractivity contribution in [2.24, 2.45) is 0 Å². The Bertz CT molecular complexity index is 782. The summed E-state index contributed by atoms with van der Waals surface area (Å²) in [6, 6.07) is 5.69. The highest BCUT2D eigenvalue weighted by Gasteiger charge is 2.17. The van der Waals surface area contributed by atoms with Crippen LogP contribution in [0.3, 0.4) is 0 Å². The van der Waals surface area contributed by atoms with E-state index in [1.807, 2.05) is 18.2 Å². The lowest BCUT2D eigenvalue weighted by atomic mass is 10.2. The minimum absolute atomic E-state index is 0.0673. The van der Waals surface area contributed by atoms with Crippen LogP contribution in [0.4, 0.5) is 0 Å². The van der Waals surface area contributed by atoms with Gasteiger partial charge in [-0.05, 0) is 37.5 Å². The normalized spacial score (nSPS) is 15.6. The first-order valence-electron chi connectivity index (χ1n) is 7.61. The van der Waals surface area contributed by atoms with Crippen LogP contribution in [0.15, 0.2) is 36.0 Å². The van der Waals surface area contributed by atoms with E-state index in [0.29, 0.717) is 11.4 Å². The third-order valence-electron chi connectivity index (χ3n) is 3.96. The van der Waals surface area contributed by atoms with Crippen molar-refractivity contribution in [3.63, 3.8) is 0 Å². The molecule has 0 saturated heterocycles.